The third kappa shape index (κ3) is 5.27. The van der Waals surface area contributed by atoms with Gasteiger partial charge in [-0.25, -0.2) is 9.97 Å². The molecule has 0 unspecified atom stereocenters. The number of carbonyl (C=O) groups is 2. The van der Waals surface area contributed by atoms with E-state index in [1.807, 2.05) is 15.5 Å². The number of aromatic nitrogens is 3. The molecule has 2 aromatic heterocycles. The lowest BCUT2D eigenvalue weighted by molar-refractivity contribution is -0.134. The van der Waals surface area contributed by atoms with Crippen LogP contribution in [-0.2, 0) is 17.9 Å². The molecule has 10 heteroatoms. The lowest BCUT2D eigenvalue weighted by Gasteiger charge is -2.43. The summed E-state index contributed by atoms with van der Waals surface area (Å²) in [5, 5.41) is 7.42. The number of piperidine rings is 1. The summed E-state index contributed by atoms with van der Waals surface area (Å²) in [4.78, 5) is 47.5. The number of amides is 1. The van der Waals surface area contributed by atoms with E-state index in [4.69, 9.17) is 14.6 Å². The fourth-order valence-electron chi connectivity index (χ4n) is 5.17. The fraction of sp³-hybridized carbons (Fsp3) is 0.542. The molecule has 0 saturated carbocycles. The highest BCUT2D eigenvalue weighted by molar-refractivity contribution is 5.93. The van der Waals surface area contributed by atoms with Crippen molar-refractivity contribution in [2.45, 2.75) is 45.2 Å². The van der Waals surface area contributed by atoms with Gasteiger partial charge in [-0.05, 0) is 44.3 Å². The van der Waals surface area contributed by atoms with Gasteiger partial charge in [0.25, 0.3) is 17.4 Å². The minimum absolute atomic E-state index is 0.0613. The van der Waals surface area contributed by atoms with E-state index in [0.29, 0.717) is 31.1 Å². The average molecular weight is 470 g/mol. The minimum atomic E-state index is -0.833. The Balaban J connectivity index is 0.000000636. The van der Waals surface area contributed by atoms with Crippen LogP contribution in [0.1, 0.15) is 53.7 Å². The van der Waals surface area contributed by atoms with Crippen molar-refractivity contribution in [3.05, 3.63) is 51.7 Å². The zero-order valence-electron chi connectivity index (χ0n) is 19.6. The molecule has 34 heavy (non-hydrogen) atoms. The molecule has 2 fully saturated rings. The molecule has 5 heterocycles. The number of pyridine rings is 1. The highest BCUT2D eigenvalue weighted by Crippen LogP contribution is 2.35. The van der Waals surface area contributed by atoms with Gasteiger partial charge in [-0.15, -0.1) is 0 Å². The monoisotopic (exact) mass is 469 g/mol. The predicted octanol–water partition coefficient (Wildman–Crippen LogP) is 1.59. The summed E-state index contributed by atoms with van der Waals surface area (Å²) in [5.41, 5.74) is 2.57. The van der Waals surface area contributed by atoms with Crippen LogP contribution < -0.4 is 10.3 Å². The van der Waals surface area contributed by atoms with Crippen LogP contribution >= 0.6 is 0 Å². The largest absolute Gasteiger partial charge is 0.481 e. The highest BCUT2D eigenvalue weighted by Gasteiger charge is 2.37. The third-order valence-electron chi connectivity index (χ3n) is 6.62. The summed E-state index contributed by atoms with van der Waals surface area (Å²) in [5.74, 6) is -0.415. The summed E-state index contributed by atoms with van der Waals surface area (Å²) in [6, 6.07) is 4.36. The van der Waals surface area contributed by atoms with Crippen LogP contribution in [0.3, 0.4) is 0 Å². The zero-order valence-corrected chi connectivity index (χ0v) is 19.6. The van der Waals surface area contributed by atoms with Gasteiger partial charge in [-0.1, -0.05) is 6.07 Å². The minimum Gasteiger partial charge on any atom is -0.481 e. The standard InChI is InChI=1S/C22H27N5O3.C2H4O2/c1-30-22-23-9-18(10-24-22)20(28)26-11-15-8-17(14-26)19-5-4-16(21(29)27(19)12-15)13-25-6-2-3-7-25;1-2(3)4/h4-5,9-10,15,17H,2-3,6-8,11-14H2,1H3;1H3,(H,3,4)/t15-,17+;/m0./s1. The van der Waals surface area contributed by atoms with E-state index in [2.05, 4.69) is 20.9 Å². The molecule has 2 saturated heterocycles. The number of likely N-dealkylation sites (tertiary alicyclic amines) is 2. The zero-order chi connectivity index (χ0) is 24.2. The van der Waals surface area contributed by atoms with Crippen molar-refractivity contribution in [1.82, 2.24) is 24.3 Å². The Hall–Kier alpha value is -3.27. The van der Waals surface area contributed by atoms with Crippen molar-refractivity contribution in [3.63, 3.8) is 0 Å². The van der Waals surface area contributed by atoms with E-state index in [1.54, 1.807) is 0 Å². The van der Waals surface area contributed by atoms with Gasteiger partial charge in [0.05, 0.1) is 12.7 Å². The topological polar surface area (TPSA) is 118 Å². The number of ether oxygens (including phenoxy) is 1. The van der Waals surface area contributed by atoms with Crippen LogP contribution in [0.5, 0.6) is 6.01 Å². The summed E-state index contributed by atoms with van der Waals surface area (Å²) in [7, 11) is 1.50. The number of carboxylic acids is 1. The van der Waals surface area contributed by atoms with E-state index in [-0.39, 0.29) is 23.4 Å². The molecule has 0 radical (unpaired) electrons. The molecule has 10 nitrogen and oxygen atoms in total. The van der Waals surface area contributed by atoms with Crippen LogP contribution in [0, 0.1) is 5.92 Å². The van der Waals surface area contributed by atoms with Crippen molar-refractivity contribution in [1.29, 1.82) is 0 Å². The number of carboxylic acid groups (broad SMARTS) is 1. The molecule has 3 aliphatic heterocycles. The van der Waals surface area contributed by atoms with E-state index in [9.17, 15) is 9.59 Å². The van der Waals surface area contributed by atoms with Gasteiger partial charge in [-0.2, -0.15) is 0 Å². The molecule has 1 amide bonds. The first-order valence-corrected chi connectivity index (χ1v) is 11.7. The molecule has 0 spiro atoms. The van der Waals surface area contributed by atoms with Gasteiger partial charge in [0, 0.05) is 62.7 Å². The van der Waals surface area contributed by atoms with Crippen LogP contribution in [-0.4, -0.2) is 74.6 Å². The lowest BCUT2D eigenvalue weighted by atomic mass is 9.82. The Labute approximate surface area is 198 Å². The van der Waals surface area contributed by atoms with Gasteiger partial charge in [0.1, 0.15) is 0 Å². The second-order valence-corrected chi connectivity index (χ2v) is 9.17. The van der Waals surface area contributed by atoms with Crippen molar-refractivity contribution in [2.24, 2.45) is 5.92 Å². The summed E-state index contributed by atoms with van der Waals surface area (Å²) in [6.07, 6.45) is 6.50. The second-order valence-electron chi connectivity index (χ2n) is 9.17. The smallest absolute Gasteiger partial charge is 0.316 e. The number of rotatable bonds is 4. The SMILES string of the molecule is CC(=O)O.COc1ncc(C(=O)N2C[C@@H]3C[C@H](C2)c2ccc(CN4CCCC4)c(=O)n2C3)cn1. The number of carbonyl (C=O) groups excluding carboxylic acids is 1. The summed E-state index contributed by atoms with van der Waals surface area (Å²) in [6.45, 7) is 5.95. The molecular formula is C24H31N5O5. The molecule has 2 bridgehead atoms. The highest BCUT2D eigenvalue weighted by atomic mass is 16.5. The lowest BCUT2D eigenvalue weighted by Crippen LogP contribution is -2.49. The van der Waals surface area contributed by atoms with Crippen LogP contribution in [0.25, 0.3) is 0 Å². The van der Waals surface area contributed by atoms with Gasteiger partial charge < -0.3 is 19.3 Å². The quantitative estimate of drug-likeness (QED) is 0.717. The van der Waals surface area contributed by atoms with E-state index in [1.165, 1.54) is 32.3 Å². The van der Waals surface area contributed by atoms with Crippen molar-refractivity contribution in [2.75, 3.05) is 33.3 Å². The van der Waals surface area contributed by atoms with Gasteiger partial charge in [0.15, 0.2) is 0 Å². The maximum absolute atomic E-state index is 13.2. The summed E-state index contributed by atoms with van der Waals surface area (Å²) >= 11 is 0. The molecule has 2 atom stereocenters. The molecule has 182 valence electrons. The Morgan fingerprint density at radius 3 is 2.44 bits per heavy atom. The van der Waals surface area contributed by atoms with Crippen LogP contribution in [0.4, 0.5) is 0 Å². The van der Waals surface area contributed by atoms with Gasteiger partial charge in [0.2, 0.25) is 0 Å². The Bertz CT molecular complexity index is 1090. The first-order chi connectivity index (χ1) is 16.4. The van der Waals surface area contributed by atoms with Crippen molar-refractivity contribution >= 4 is 11.9 Å². The maximum atomic E-state index is 13.2. The van der Waals surface area contributed by atoms with Gasteiger partial charge in [-0.3, -0.25) is 19.3 Å². The van der Waals surface area contributed by atoms with Crippen LogP contribution in [0.2, 0.25) is 0 Å². The number of hydrogen-bond donors (Lipinski definition) is 1. The van der Waals surface area contributed by atoms with E-state index >= 15 is 0 Å². The maximum Gasteiger partial charge on any atom is 0.316 e. The Morgan fingerprint density at radius 1 is 1.12 bits per heavy atom. The third-order valence-corrected chi connectivity index (χ3v) is 6.62. The van der Waals surface area contributed by atoms with Crippen molar-refractivity contribution in [3.8, 4) is 6.01 Å². The van der Waals surface area contributed by atoms with E-state index < -0.39 is 5.97 Å². The molecule has 1 N–H and O–H groups in total. The number of fused-ring (bicyclic) bond motifs is 4. The number of methoxy groups -OCH3 is 1. The average Bonchev–Trinajstić information content (AvgIpc) is 3.33. The number of hydrogen-bond acceptors (Lipinski definition) is 7. The Morgan fingerprint density at radius 2 is 1.79 bits per heavy atom. The molecule has 0 aliphatic carbocycles. The molecule has 0 aromatic carbocycles. The first-order valence-electron chi connectivity index (χ1n) is 11.7. The Kier molecular flexibility index (Phi) is 7.26. The number of aliphatic carboxylic acids is 1. The molecule has 2 aromatic rings. The van der Waals surface area contributed by atoms with Crippen molar-refractivity contribution < 1.29 is 19.4 Å². The number of nitrogens with zero attached hydrogens (tertiary/aromatic N) is 5. The van der Waals surface area contributed by atoms with E-state index in [0.717, 1.165) is 44.2 Å². The predicted molar refractivity (Wildman–Crippen MR) is 124 cm³/mol. The first kappa shape index (κ1) is 23.9. The summed E-state index contributed by atoms with van der Waals surface area (Å²) < 4.78 is 6.95. The van der Waals surface area contributed by atoms with Gasteiger partial charge >= 0.3 is 6.01 Å². The molecule has 5 rings (SSSR count). The molecule has 3 aliphatic rings. The second kappa shape index (κ2) is 10.3. The molecular weight excluding hydrogens is 438 g/mol. The fourth-order valence-corrected chi connectivity index (χ4v) is 5.17. The normalized spacial score (nSPS) is 21.3. The van der Waals surface area contributed by atoms with Crippen LogP contribution in [0.15, 0.2) is 29.3 Å².